The van der Waals surface area contributed by atoms with Gasteiger partial charge in [0.05, 0.1) is 4.88 Å². The smallest absolute Gasteiger partial charge is 0.261 e. The van der Waals surface area contributed by atoms with Gasteiger partial charge in [0.1, 0.15) is 10.7 Å². The Morgan fingerprint density at radius 3 is 2.59 bits per heavy atom. The van der Waals surface area contributed by atoms with Crippen molar-refractivity contribution in [1.82, 2.24) is 20.2 Å². The Labute approximate surface area is 176 Å². The van der Waals surface area contributed by atoms with Crippen molar-refractivity contribution < 1.29 is 4.79 Å². The van der Waals surface area contributed by atoms with Crippen molar-refractivity contribution in [1.29, 1.82) is 0 Å². The van der Waals surface area contributed by atoms with E-state index >= 15 is 0 Å². The summed E-state index contributed by atoms with van der Waals surface area (Å²) in [6.07, 6.45) is 3.36. The number of thiophene rings is 1. The average molecular weight is 409 g/mol. The summed E-state index contributed by atoms with van der Waals surface area (Å²) in [6, 6.07) is 8.42. The maximum absolute atomic E-state index is 13.0. The molecule has 3 aromatic rings. The number of fused-ring (bicyclic) bond motifs is 1. The first kappa shape index (κ1) is 20.0. The van der Waals surface area contributed by atoms with Gasteiger partial charge >= 0.3 is 0 Å². The molecule has 1 saturated heterocycles. The van der Waals surface area contributed by atoms with Crippen LogP contribution in [0.25, 0.3) is 10.2 Å². The standard InChI is InChI=1S/C23H28N4OS/c1-4-19-25-16(3)20-15(2)21(29-23(20)26-19)22(28)24-13-17-9-5-6-10-18(17)14-27-11-7-8-12-27/h5-6,9-10H,4,7-8,11-14H2,1-3H3,(H,24,28). The number of nitrogens with zero attached hydrogens (tertiary/aromatic N) is 3. The van der Waals surface area contributed by atoms with Crippen LogP contribution in [0.2, 0.25) is 0 Å². The number of carbonyl (C=O) groups excluding carboxylic acids is 1. The highest BCUT2D eigenvalue weighted by Gasteiger charge is 2.19. The number of benzene rings is 1. The average Bonchev–Trinajstić information content (AvgIpc) is 3.35. The van der Waals surface area contributed by atoms with E-state index in [9.17, 15) is 4.79 Å². The number of carbonyl (C=O) groups is 1. The normalized spacial score (nSPS) is 14.6. The summed E-state index contributed by atoms with van der Waals surface area (Å²) in [5, 5.41) is 4.16. The Kier molecular flexibility index (Phi) is 5.92. The predicted molar refractivity (Wildman–Crippen MR) is 118 cm³/mol. The van der Waals surface area contributed by atoms with E-state index in [0.717, 1.165) is 45.1 Å². The van der Waals surface area contributed by atoms with Crippen molar-refractivity contribution in [3.63, 3.8) is 0 Å². The molecule has 1 aliphatic heterocycles. The molecule has 3 heterocycles. The number of amides is 1. The number of rotatable bonds is 6. The second kappa shape index (κ2) is 8.59. The molecule has 0 atom stereocenters. The van der Waals surface area contributed by atoms with E-state index in [1.807, 2.05) is 26.8 Å². The summed E-state index contributed by atoms with van der Waals surface area (Å²) < 4.78 is 0. The van der Waals surface area contributed by atoms with Crippen LogP contribution < -0.4 is 5.32 Å². The van der Waals surface area contributed by atoms with E-state index in [-0.39, 0.29) is 5.91 Å². The van der Waals surface area contributed by atoms with Gasteiger partial charge < -0.3 is 5.32 Å². The van der Waals surface area contributed by atoms with E-state index in [2.05, 4.69) is 38.4 Å². The van der Waals surface area contributed by atoms with Gasteiger partial charge in [-0.15, -0.1) is 11.3 Å². The van der Waals surface area contributed by atoms with Gasteiger partial charge in [0.2, 0.25) is 0 Å². The third-order valence-electron chi connectivity index (χ3n) is 5.69. The maximum atomic E-state index is 13.0. The molecule has 5 nitrogen and oxygen atoms in total. The molecule has 0 aliphatic carbocycles. The number of hydrogen-bond acceptors (Lipinski definition) is 5. The van der Waals surface area contributed by atoms with Gasteiger partial charge in [-0.3, -0.25) is 9.69 Å². The molecule has 1 amide bonds. The topological polar surface area (TPSA) is 58.1 Å². The van der Waals surface area contributed by atoms with E-state index in [0.29, 0.717) is 6.54 Å². The zero-order chi connectivity index (χ0) is 20.4. The molecule has 29 heavy (non-hydrogen) atoms. The molecule has 0 saturated carbocycles. The number of nitrogens with one attached hydrogen (secondary N) is 1. The first-order valence-corrected chi connectivity index (χ1v) is 11.2. The highest BCUT2D eigenvalue weighted by atomic mass is 32.1. The summed E-state index contributed by atoms with van der Waals surface area (Å²) in [7, 11) is 0. The molecular formula is C23H28N4OS. The van der Waals surface area contributed by atoms with Crippen LogP contribution >= 0.6 is 11.3 Å². The fraction of sp³-hybridized carbons (Fsp3) is 0.435. The Balaban J connectivity index is 1.52. The molecule has 1 aliphatic rings. The van der Waals surface area contributed by atoms with Crippen LogP contribution in [0.4, 0.5) is 0 Å². The van der Waals surface area contributed by atoms with Crippen LogP contribution in [-0.2, 0) is 19.5 Å². The summed E-state index contributed by atoms with van der Waals surface area (Å²) in [5.41, 5.74) is 4.43. The van der Waals surface area contributed by atoms with E-state index < -0.39 is 0 Å². The van der Waals surface area contributed by atoms with Crippen molar-refractivity contribution in [2.75, 3.05) is 13.1 Å². The van der Waals surface area contributed by atoms with Crippen LogP contribution in [-0.4, -0.2) is 33.9 Å². The molecule has 1 N–H and O–H groups in total. The lowest BCUT2D eigenvalue weighted by molar-refractivity contribution is 0.0954. The van der Waals surface area contributed by atoms with Crippen LogP contribution in [0.3, 0.4) is 0 Å². The van der Waals surface area contributed by atoms with Crippen LogP contribution in [0.5, 0.6) is 0 Å². The predicted octanol–water partition coefficient (Wildman–Crippen LogP) is 4.40. The highest BCUT2D eigenvalue weighted by molar-refractivity contribution is 7.20. The van der Waals surface area contributed by atoms with Crippen molar-refractivity contribution in [2.45, 2.75) is 53.1 Å². The largest absolute Gasteiger partial charge is 0.347 e. The van der Waals surface area contributed by atoms with Gasteiger partial charge in [-0.2, -0.15) is 0 Å². The lowest BCUT2D eigenvalue weighted by atomic mass is 10.1. The highest BCUT2D eigenvalue weighted by Crippen LogP contribution is 2.31. The Morgan fingerprint density at radius 1 is 1.14 bits per heavy atom. The molecule has 152 valence electrons. The zero-order valence-electron chi connectivity index (χ0n) is 17.4. The summed E-state index contributed by atoms with van der Waals surface area (Å²) in [4.78, 5) is 26.3. The quantitative estimate of drug-likeness (QED) is 0.657. The minimum Gasteiger partial charge on any atom is -0.347 e. The van der Waals surface area contributed by atoms with Gasteiger partial charge in [-0.25, -0.2) is 9.97 Å². The van der Waals surface area contributed by atoms with Crippen molar-refractivity contribution in [2.24, 2.45) is 0 Å². The minimum atomic E-state index is -0.0288. The van der Waals surface area contributed by atoms with E-state index in [1.165, 1.54) is 48.4 Å². The molecule has 1 fully saturated rings. The molecule has 0 radical (unpaired) electrons. The van der Waals surface area contributed by atoms with Crippen molar-refractivity contribution in [3.05, 3.63) is 57.4 Å². The van der Waals surface area contributed by atoms with Crippen LogP contribution in [0, 0.1) is 13.8 Å². The van der Waals surface area contributed by atoms with Gasteiger partial charge in [0, 0.05) is 30.6 Å². The maximum Gasteiger partial charge on any atom is 0.261 e. The van der Waals surface area contributed by atoms with Crippen molar-refractivity contribution >= 4 is 27.5 Å². The number of hydrogen-bond donors (Lipinski definition) is 1. The fourth-order valence-corrected chi connectivity index (χ4v) is 5.26. The second-order valence-corrected chi connectivity index (χ2v) is 8.75. The monoisotopic (exact) mass is 408 g/mol. The van der Waals surface area contributed by atoms with Crippen LogP contribution in [0.1, 0.15) is 57.6 Å². The molecule has 4 rings (SSSR count). The van der Waals surface area contributed by atoms with E-state index in [4.69, 9.17) is 0 Å². The second-order valence-electron chi connectivity index (χ2n) is 7.75. The first-order valence-electron chi connectivity index (χ1n) is 10.4. The number of aryl methyl sites for hydroxylation is 3. The van der Waals surface area contributed by atoms with Crippen molar-refractivity contribution in [3.8, 4) is 0 Å². The van der Waals surface area contributed by atoms with Gasteiger partial charge in [0.25, 0.3) is 5.91 Å². The third-order valence-corrected chi connectivity index (χ3v) is 6.87. The SMILES string of the molecule is CCc1nc(C)c2c(C)c(C(=O)NCc3ccccc3CN3CCCC3)sc2n1. The summed E-state index contributed by atoms with van der Waals surface area (Å²) in [5.74, 6) is 0.804. The molecule has 1 aromatic carbocycles. The molecule has 0 unspecified atom stereocenters. The number of aromatic nitrogens is 2. The molecule has 0 bridgehead atoms. The molecule has 2 aromatic heterocycles. The molecular weight excluding hydrogens is 380 g/mol. The Bertz CT molecular complexity index is 1040. The third kappa shape index (κ3) is 4.19. The zero-order valence-corrected chi connectivity index (χ0v) is 18.2. The minimum absolute atomic E-state index is 0.0288. The Morgan fingerprint density at radius 2 is 1.86 bits per heavy atom. The lowest BCUT2D eigenvalue weighted by Gasteiger charge is -2.17. The lowest BCUT2D eigenvalue weighted by Crippen LogP contribution is -2.24. The number of likely N-dealkylation sites (tertiary alicyclic amines) is 1. The van der Waals surface area contributed by atoms with Gasteiger partial charge in [-0.1, -0.05) is 31.2 Å². The Hall–Kier alpha value is -2.31. The molecule has 0 spiro atoms. The first-order chi connectivity index (χ1) is 14.1. The summed E-state index contributed by atoms with van der Waals surface area (Å²) >= 11 is 1.47. The van der Waals surface area contributed by atoms with Gasteiger partial charge in [-0.05, 0) is 56.5 Å². The fourth-order valence-electron chi connectivity index (χ4n) is 4.09. The van der Waals surface area contributed by atoms with Gasteiger partial charge in [0.15, 0.2) is 0 Å². The molecule has 6 heteroatoms. The van der Waals surface area contributed by atoms with E-state index in [1.54, 1.807) is 0 Å². The van der Waals surface area contributed by atoms with Crippen LogP contribution in [0.15, 0.2) is 24.3 Å². The summed E-state index contributed by atoms with van der Waals surface area (Å²) in [6.45, 7) is 9.89.